The second-order valence-corrected chi connectivity index (χ2v) is 7.01. The molecule has 2 aliphatic rings. The van der Waals surface area contributed by atoms with Gasteiger partial charge in [0.2, 0.25) is 11.8 Å². The lowest BCUT2D eigenvalue weighted by molar-refractivity contribution is -0.158. The third-order valence-corrected chi connectivity index (χ3v) is 5.08. The van der Waals surface area contributed by atoms with Crippen LogP contribution in [0.1, 0.15) is 32.6 Å². The number of anilines is 1. The summed E-state index contributed by atoms with van der Waals surface area (Å²) in [5.41, 5.74) is -0.387. The van der Waals surface area contributed by atoms with E-state index in [4.69, 9.17) is 4.74 Å². The third kappa shape index (κ3) is 4.02. The minimum absolute atomic E-state index is 0.384. The number of ether oxygens (including phenoxy) is 1. The number of likely N-dealkylation sites (tertiary alicyclic amines) is 1. The monoisotopic (exact) mass is 394 g/mol. The topological polar surface area (TPSA) is 92.8 Å². The molecule has 9 heteroatoms. The van der Waals surface area contributed by atoms with Gasteiger partial charge in [-0.1, -0.05) is 12.8 Å². The molecule has 3 atom stereocenters. The number of carbonyl (C=O) groups excluding carboxylic acids is 4. The van der Waals surface area contributed by atoms with E-state index in [9.17, 15) is 28.0 Å². The van der Waals surface area contributed by atoms with Gasteiger partial charge in [0, 0.05) is 6.07 Å². The van der Waals surface area contributed by atoms with Gasteiger partial charge in [-0.15, -0.1) is 0 Å². The normalized spacial score (nSPS) is 22.6. The van der Waals surface area contributed by atoms with Gasteiger partial charge in [0.15, 0.2) is 6.10 Å². The fourth-order valence-electron chi connectivity index (χ4n) is 3.63. The first-order chi connectivity index (χ1) is 13.3. The van der Waals surface area contributed by atoms with E-state index >= 15 is 0 Å². The number of amides is 3. The van der Waals surface area contributed by atoms with Gasteiger partial charge in [0.1, 0.15) is 18.2 Å². The van der Waals surface area contributed by atoms with Crippen molar-refractivity contribution in [1.29, 1.82) is 0 Å². The first-order valence-electron chi connectivity index (χ1n) is 9.08. The molecule has 1 aromatic carbocycles. The molecule has 0 aromatic heterocycles. The highest BCUT2D eigenvalue weighted by Crippen LogP contribution is 2.37. The molecular formula is C19H20F2N2O5. The van der Waals surface area contributed by atoms with E-state index in [2.05, 4.69) is 5.32 Å². The molecule has 1 aliphatic carbocycles. The van der Waals surface area contributed by atoms with Gasteiger partial charge < -0.3 is 10.1 Å². The zero-order chi connectivity index (χ0) is 20.4. The molecule has 1 aromatic rings. The van der Waals surface area contributed by atoms with Crippen molar-refractivity contribution < 1.29 is 32.7 Å². The van der Waals surface area contributed by atoms with E-state index in [1.54, 1.807) is 0 Å². The number of nitrogens with zero attached hydrogens (tertiary/aromatic N) is 1. The van der Waals surface area contributed by atoms with Crippen LogP contribution in [0.3, 0.4) is 0 Å². The largest absolute Gasteiger partial charge is 0.451 e. The van der Waals surface area contributed by atoms with Crippen LogP contribution in [-0.2, 0) is 23.9 Å². The van der Waals surface area contributed by atoms with Crippen molar-refractivity contribution in [2.45, 2.75) is 38.7 Å². The van der Waals surface area contributed by atoms with Gasteiger partial charge in [0.05, 0.1) is 17.5 Å². The molecule has 0 bridgehead atoms. The molecule has 3 unspecified atom stereocenters. The average molecular weight is 394 g/mol. The van der Waals surface area contributed by atoms with Gasteiger partial charge in [-0.3, -0.25) is 24.1 Å². The second-order valence-electron chi connectivity index (χ2n) is 7.01. The van der Waals surface area contributed by atoms with Crippen LogP contribution in [0.2, 0.25) is 0 Å². The number of imide groups is 1. The molecule has 3 rings (SSSR count). The Hall–Kier alpha value is -2.84. The molecule has 1 saturated heterocycles. The maximum Gasteiger partial charge on any atom is 0.326 e. The zero-order valence-electron chi connectivity index (χ0n) is 15.2. The van der Waals surface area contributed by atoms with Crippen LogP contribution in [0.5, 0.6) is 0 Å². The van der Waals surface area contributed by atoms with E-state index < -0.39 is 36.2 Å². The maximum absolute atomic E-state index is 13.6. The van der Waals surface area contributed by atoms with Crippen LogP contribution >= 0.6 is 0 Å². The van der Waals surface area contributed by atoms with Crippen molar-refractivity contribution in [3.05, 3.63) is 29.8 Å². The summed E-state index contributed by atoms with van der Waals surface area (Å²) < 4.78 is 31.7. The molecule has 2 fully saturated rings. The van der Waals surface area contributed by atoms with E-state index in [1.165, 1.54) is 6.92 Å². The second kappa shape index (κ2) is 8.04. The average Bonchev–Trinajstić information content (AvgIpc) is 2.90. The highest BCUT2D eigenvalue weighted by molar-refractivity contribution is 6.07. The number of nitrogens with one attached hydrogen (secondary N) is 1. The molecule has 1 heterocycles. The van der Waals surface area contributed by atoms with Crippen molar-refractivity contribution >= 4 is 29.4 Å². The van der Waals surface area contributed by atoms with Gasteiger partial charge in [-0.05, 0) is 31.9 Å². The summed E-state index contributed by atoms with van der Waals surface area (Å²) in [6.07, 6.45) is 1.65. The molecule has 7 nitrogen and oxygen atoms in total. The van der Waals surface area contributed by atoms with Crippen LogP contribution < -0.4 is 5.32 Å². The Morgan fingerprint density at radius 2 is 1.79 bits per heavy atom. The number of esters is 1. The van der Waals surface area contributed by atoms with E-state index in [0.717, 1.165) is 35.9 Å². The lowest BCUT2D eigenvalue weighted by Gasteiger charge is -2.19. The smallest absolute Gasteiger partial charge is 0.326 e. The van der Waals surface area contributed by atoms with Crippen LogP contribution in [-0.4, -0.2) is 41.2 Å². The Balaban J connectivity index is 1.57. The maximum atomic E-state index is 13.6. The van der Waals surface area contributed by atoms with Crippen LogP contribution in [0.15, 0.2) is 18.2 Å². The van der Waals surface area contributed by atoms with Crippen molar-refractivity contribution in [2.75, 3.05) is 11.9 Å². The molecule has 3 amide bonds. The predicted molar refractivity (Wildman–Crippen MR) is 92.7 cm³/mol. The van der Waals surface area contributed by atoms with Gasteiger partial charge >= 0.3 is 5.97 Å². The molecule has 1 aliphatic heterocycles. The van der Waals surface area contributed by atoms with Crippen LogP contribution in [0, 0.1) is 23.5 Å². The highest BCUT2D eigenvalue weighted by atomic mass is 19.1. The summed E-state index contributed by atoms with van der Waals surface area (Å²) in [6.45, 7) is 0.675. The lowest BCUT2D eigenvalue weighted by Crippen LogP contribution is -2.39. The van der Waals surface area contributed by atoms with Gasteiger partial charge in [-0.2, -0.15) is 0 Å². The fraction of sp³-hybridized carbons (Fsp3) is 0.474. The Labute approximate surface area is 160 Å². The standard InChI is InChI=1S/C19H20F2N2O5/c1-10(17(25)22-15-8-11(20)6-7-14(15)21)28-16(24)9-23-18(26)12-4-2-3-5-13(12)19(23)27/h6-8,10,12-13H,2-5,9H2,1H3,(H,22,25). The molecule has 1 saturated carbocycles. The first-order valence-corrected chi connectivity index (χ1v) is 9.08. The van der Waals surface area contributed by atoms with Crippen molar-refractivity contribution in [3.63, 3.8) is 0 Å². The fourth-order valence-corrected chi connectivity index (χ4v) is 3.63. The summed E-state index contributed by atoms with van der Waals surface area (Å²) in [4.78, 5) is 49.8. The number of rotatable bonds is 5. The van der Waals surface area contributed by atoms with Crippen molar-refractivity contribution in [1.82, 2.24) is 4.90 Å². The minimum atomic E-state index is -1.33. The number of halogens is 2. The molecular weight excluding hydrogens is 374 g/mol. The Bertz CT molecular complexity index is 805. The SMILES string of the molecule is CC(OC(=O)CN1C(=O)C2CCCCC2C1=O)C(=O)Nc1cc(F)ccc1F. The Morgan fingerprint density at radius 3 is 2.39 bits per heavy atom. The van der Waals surface area contributed by atoms with E-state index in [0.29, 0.717) is 12.8 Å². The quantitative estimate of drug-likeness (QED) is 0.609. The molecule has 0 spiro atoms. The molecule has 28 heavy (non-hydrogen) atoms. The van der Waals surface area contributed by atoms with Gasteiger partial charge in [-0.25, -0.2) is 8.78 Å². The molecule has 0 radical (unpaired) electrons. The van der Waals surface area contributed by atoms with Crippen LogP contribution in [0.25, 0.3) is 0 Å². The summed E-state index contributed by atoms with van der Waals surface area (Å²) in [5, 5.41) is 2.13. The third-order valence-electron chi connectivity index (χ3n) is 5.08. The molecule has 1 N–H and O–H groups in total. The number of hydrogen-bond acceptors (Lipinski definition) is 5. The Morgan fingerprint density at radius 1 is 1.18 bits per heavy atom. The predicted octanol–water partition coefficient (Wildman–Crippen LogP) is 2.01. The molecule has 150 valence electrons. The van der Waals surface area contributed by atoms with Crippen LogP contribution in [0.4, 0.5) is 14.5 Å². The summed E-state index contributed by atoms with van der Waals surface area (Å²) >= 11 is 0. The first kappa shape index (κ1) is 19.9. The van der Waals surface area contributed by atoms with Crippen molar-refractivity contribution in [2.24, 2.45) is 11.8 Å². The minimum Gasteiger partial charge on any atom is -0.451 e. The number of benzene rings is 1. The van der Waals surface area contributed by atoms with Gasteiger partial charge in [0.25, 0.3) is 5.91 Å². The number of carbonyl (C=O) groups is 4. The lowest BCUT2D eigenvalue weighted by atomic mass is 9.81. The number of hydrogen-bond donors (Lipinski definition) is 1. The number of fused-ring (bicyclic) bond motifs is 1. The highest BCUT2D eigenvalue weighted by Gasteiger charge is 2.48. The summed E-state index contributed by atoms with van der Waals surface area (Å²) in [6, 6.07) is 2.55. The summed E-state index contributed by atoms with van der Waals surface area (Å²) in [5.74, 6) is -4.92. The summed E-state index contributed by atoms with van der Waals surface area (Å²) in [7, 11) is 0. The van der Waals surface area contributed by atoms with E-state index in [1.807, 2.05) is 0 Å². The van der Waals surface area contributed by atoms with Crippen molar-refractivity contribution in [3.8, 4) is 0 Å². The Kier molecular flexibility index (Phi) is 5.71. The zero-order valence-corrected chi connectivity index (χ0v) is 15.2. The van der Waals surface area contributed by atoms with E-state index in [-0.39, 0.29) is 29.3 Å².